The number of alkyl halides is 3. The van der Waals surface area contributed by atoms with E-state index in [1.165, 1.54) is 18.3 Å². The van der Waals surface area contributed by atoms with Crippen molar-refractivity contribution in [3.63, 3.8) is 0 Å². The van der Waals surface area contributed by atoms with Crippen molar-refractivity contribution < 1.29 is 27.1 Å². The van der Waals surface area contributed by atoms with Crippen molar-refractivity contribution in [3.8, 4) is 16.9 Å². The molecule has 0 saturated carbocycles. The van der Waals surface area contributed by atoms with Crippen LogP contribution in [0, 0.1) is 5.82 Å². The molecule has 1 atom stereocenters. The fourth-order valence-electron chi connectivity index (χ4n) is 3.67. The quantitative estimate of drug-likeness (QED) is 0.178. The number of aromatic nitrogens is 2. The summed E-state index contributed by atoms with van der Waals surface area (Å²) in [4.78, 5) is 20.1. The number of nitrogens with one attached hydrogen (secondary N) is 1. The number of carbonyl (C=O) groups is 1. The Hall–Kier alpha value is -3.89. The molecule has 4 aromatic rings. The lowest BCUT2D eigenvalue weighted by molar-refractivity contribution is -0.141. The first-order valence-corrected chi connectivity index (χ1v) is 12.2. The number of anilines is 1. The minimum atomic E-state index is -4.53. The van der Waals surface area contributed by atoms with E-state index in [4.69, 9.17) is 33.7 Å². The zero-order valence-corrected chi connectivity index (χ0v) is 21.7. The van der Waals surface area contributed by atoms with Crippen LogP contribution in [-0.2, 0) is 12.7 Å². The number of pyridine rings is 2. The molecule has 4 rings (SSSR count). The number of hydrogen-bond acceptors (Lipinski definition) is 5. The lowest BCUT2D eigenvalue weighted by Gasteiger charge is -2.19. The summed E-state index contributed by atoms with van der Waals surface area (Å²) in [6.45, 7) is 1.65. The minimum Gasteiger partial charge on any atom is -0.482 e. The number of benzene rings is 2. The van der Waals surface area contributed by atoms with Crippen molar-refractivity contribution in [3.05, 3.63) is 105 Å². The molecule has 202 valence electrons. The molecule has 3 N–H and O–H groups in total. The van der Waals surface area contributed by atoms with E-state index in [1.54, 1.807) is 37.3 Å². The van der Waals surface area contributed by atoms with E-state index in [0.717, 1.165) is 18.3 Å². The maximum absolute atomic E-state index is 13.9. The third kappa shape index (κ3) is 6.58. The third-order valence-corrected chi connectivity index (χ3v) is 6.43. The monoisotopic (exact) mass is 578 g/mol. The van der Waals surface area contributed by atoms with Crippen molar-refractivity contribution in [2.24, 2.45) is 0 Å². The molecule has 0 aliphatic carbocycles. The number of nitrogens with two attached hydrogens (primary N) is 1. The molecule has 0 bridgehead atoms. The summed E-state index contributed by atoms with van der Waals surface area (Å²) in [6, 6.07) is 12.8. The number of amides is 1. The summed E-state index contributed by atoms with van der Waals surface area (Å²) >= 11 is 12.3. The molecule has 1 amide bonds. The third-order valence-electron chi connectivity index (χ3n) is 5.72. The van der Waals surface area contributed by atoms with Crippen molar-refractivity contribution in [1.82, 2.24) is 15.3 Å². The molecule has 2 aromatic heterocycles. The molecule has 2 aromatic carbocycles. The van der Waals surface area contributed by atoms with E-state index in [-0.39, 0.29) is 33.7 Å². The second-order valence-electron chi connectivity index (χ2n) is 8.43. The highest BCUT2D eigenvalue weighted by Gasteiger charge is 2.32. The van der Waals surface area contributed by atoms with E-state index in [0.29, 0.717) is 22.3 Å². The largest absolute Gasteiger partial charge is 0.482 e. The van der Waals surface area contributed by atoms with E-state index < -0.39 is 29.7 Å². The molecule has 0 saturated heterocycles. The maximum atomic E-state index is 13.9. The predicted octanol–water partition coefficient (Wildman–Crippen LogP) is 7.26. The second kappa shape index (κ2) is 11.5. The van der Waals surface area contributed by atoms with Gasteiger partial charge < -0.3 is 15.8 Å². The molecule has 0 aliphatic heterocycles. The van der Waals surface area contributed by atoms with Crippen molar-refractivity contribution >= 4 is 34.9 Å². The van der Waals surface area contributed by atoms with E-state index in [1.807, 2.05) is 0 Å². The van der Waals surface area contributed by atoms with Crippen LogP contribution in [0.3, 0.4) is 0 Å². The van der Waals surface area contributed by atoms with Crippen LogP contribution in [0.4, 0.5) is 23.4 Å². The number of rotatable bonds is 7. The predicted molar refractivity (Wildman–Crippen MR) is 140 cm³/mol. The number of carbonyl (C=O) groups excluding carboxylic acids is 1. The highest BCUT2D eigenvalue weighted by Crippen LogP contribution is 2.37. The van der Waals surface area contributed by atoms with Gasteiger partial charge in [0.1, 0.15) is 17.6 Å². The Bertz CT molecular complexity index is 1500. The van der Waals surface area contributed by atoms with Gasteiger partial charge in [-0.1, -0.05) is 41.4 Å². The van der Waals surface area contributed by atoms with Crippen molar-refractivity contribution in [1.29, 1.82) is 0 Å². The Morgan fingerprint density at radius 2 is 1.74 bits per heavy atom. The zero-order valence-electron chi connectivity index (χ0n) is 20.2. The van der Waals surface area contributed by atoms with Gasteiger partial charge in [-0.25, -0.2) is 9.37 Å². The fourth-order valence-corrected chi connectivity index (χ4v) is 4.35. The van der Waals surface area contributed by atoms with Gasteiger partial charge in [0, 0.05) is 40.7 Å². The van der Waals surface area contributed by atoms with Gasteiger partial charge in [-0.05, 0) is 54.4 Å². The molecule has 0 radical (unpaired) electrons. The number of hydrogen-bond donors (Lipinski definition) is 2. The van der Waals surface area contributed by atoms with Crippen molar-refractivity contribution in [2.75, 3.05) is 5.73 Å². The van der Waals surface area contributed by atoms with E-state index in [2.05, 4.69) is 15.3 Å². The fraction of sp³-hybridized carbons (Fsp3) is 0.148. The van der Waals surface area contributed by atoms with E-state index in [9.17, 15) is 22.4 Å². The number of ether oxygens (including phenoxy) is 1. The Kier molecular flexibility index (Phi) is 8.27. The van der Waals surface area contributed by atoms with Crippen LogP contribution in [-0.4, -0.2) is 15.9 Å². The van der Waals surface area contributed by atoms with Crippen LogP contribution in [0.15, 0.2) is 67.0 Å². The molecule has 6 nitrogen and oxygen atoms in total. The molecular weight excluding hydrogens is 559 g/mol. The topological polar surface area (TPSA) is 90.1 Å². The first kappa shape index (κ1) is 28.1. The summed E-state index contributed by atoms with van der Waals surface area (Å²) in [7, 11) is 0. The molecule has 0 spiro atoms. The van der Waals surface area contributed by atoms with Gasteiger partial charge in [-0.2, -0.15) is 13.2 Å². The summed E-state index contributed by atoms with van der Waals surface area (Å²) in [5.41, 5.74) is 7.33. The van der Waals surface area contributed by atoms with Gasteiger partial charge in [0.25, 0.3) is 5.91 Å². The van der Waals surface area contributed by atoms with Crippen LogP contribution >= 0.6 is 23.2 Å². The van der Waals surface area contributed by atoms with Gasteiger partial charge in [-0.15, -0.1) is 0 Å². The van der Waals surface area contributed by atoms with E-state index >= 15 is 0 Å². The molecular formula is C27H20Cl2F4N4O2. The standard InChI is InChI=1S/C27H20Cl2F4N4O2/c1-14(23-19(28)7-8-20(30)24(23)29)39-21-10-18(13-36-25(21)34)16-3-5-17(6-4-16)26(38)37-12-15-2-9-22(35-11-15)27(31,32)33/h2-11,13-14H,12H2,1H3,(H2,34,36)(H,37,38). The zero-order chi connectivity index (χ0) is 28.3. The normalized spacial score (nSPS) is 12.2. The summed E-state index contributed by atoms with van der Waals surface area (Å²) in [6.07, 6.45) is -2.68. The second-order valence-corrected chi connectivity index (χ2v) is 9.22. The molecule has 12 heteroatoms. The summed E-state index contributed by atoms with van der Waals surface area (Å²) in [5, 5.41) is 2.73. The van der Waals surface area contributed by atoms with Gasteiger partial charge in [0.2, 0.25) is 0 Å². The van der Waals surface area contributed by atoms with Crippen LogP contribution in [0.1, 0.15) is 40.2 Å². The van der Waals surface area contributed by atoms with Crippen LogP contribution < -0.4 is 15.8 Å². The first-order chi connectivity index (χ1) is 18.4. The maximum Gasteiger partial charge on any atom is 0.433 e. The van der Waals surface area contributed by atoms with Crippen molar-refractivity contribution in [2.45, 2.75) is 25.7 Å². The lowest BCUT2D eigenvalue weighted by atomic mass is 10.0. The lowest BCUT2D eigenvalue weighted by Crippen LogP contribution is -2.23. The summed E-state index contributed by atoms with van der Waals surface area (Å²) < 4.78 is 57.8. The highest BCUT2D eigenvalue weighted by molar-refractivity contribution is 6.36. The number of halogens is 6. The minimum absolute atomic E-state index is 0.00579. The summed E-state index contributed by atoms with van der Waals surface area (Å²) in [5.74, 6) is -0.725. The van der Waals surface area contributed by atoms with Gasteiger partial charge in [0.05, 0.1) is 5.02 Å². The van der Waals surface area contributed by atoms with Crippen LogP contribution in [0.25, 0.3) is 11.1 Å². The molecule has 0 aliphatic rings. The van der Waals surface area contributed by atoms with Gasteiger partial charge in [-0.3, -0.25) is 9.78 Å². The van der Waals surface area contributed by atoms with Gasteiger partial charge >= 0.3 is 6.18 Å². The Morgan fingerprint density at radius 1 is 1.03 bits per heavy atom. The van der Waals surface area contributed by atoms with Crippen LogP contribution in [0.2, 0.25) is 10.0 Å². The smallest absolute Gasteiger partial charge is 0.433 e. The SMILES string of the molecule is CC(Oc1cc(-c2ccc(C(=O)NCc3ccc(C(F)(F)F)nc3)cc2)cnc1N)c1c(Cl)ccc(F)c1Cl. The first-order valence-electron chi connectivity index (χ1n) is 11.4. The highest BCUT2D eigenvalue weighted by atomic mass is 35.5. The number of nitrogens with zero attached hydrogens (tertiary/aromatic N) is 2. The molecule has 0 fully saturated rings. The molecule has 39 heavy (non-hydrogen) atoms. The molecule has 2 heterocycles. The van der Waals surface area contributed by atoms with Gasteiger partial charge in [0.15, 0.2) is 11.6 Å². The van der Waals surface area contributed by atoms with Crippen LogP contribution in [0.5, 0.6) is 5.75 Å². The average molecular weight is 579 g/mol. The Labute approximate surface area is 230 Å². The Balaban J connectivity index is 1.44. The molecule has 1 unspecified atom stereocenters. The Morgan fingerprint density at radius 3 is 2.38 bits per heavy atom. The average Bonchev–Trinajstić information content (AvgIpc) is 2.91. The number of nitrogen functional groups attached to an aromatic ring is 1.